The minimum absolute atomic E-state index is 0.0166. The van der Waals surface area contributed by atoms with Crippen molar-refractivity contribution in [3.63, 3.8) is 0 Å². The highest BCUT2D eigenvalue weighted by molar-refractivity contribution is 9.10. The first-order valence-corrected chi connectivity index (χ1v) is 7.21. The molecule has 0 radical (unpaired) electrons. The average molecular weight is 360 g/mol. The predicted molar refractivity (Wildman–Crippen MR) is 76.6 cm³/mol. The van der Waals surface area contributed by atoms with Crippen molar-refractivity contribution in [2.45, 2.75) is 19.0 Å². The van der Waals surface area contributed by atoms with Crippen LogP contribution in [0.25, 0.3) is 0 Å². The van der Waals surface area contributed by atoms with Gasteiger partial charge in [-0.2, -0.15) is 13.2 Å². The summed E-state index contributed by atoms with van der Waals surface area (Å²) in [6.07, 6.45) is 2.60. The minimum Gasteiger partial charge on any atom is -0.327 e. The Hall–Kier alpha value is -1.48. The van der Waals surface area contributed by atoms with Crippen molar-refractivity contribution in [2.75, 3.05) is 13.1 Å². The first kappa shape index (κ1) is 15.9. The lowest BCUT2D eigenvalue weighted by Crippen LogP contribution is -2.34. The molecule has 21 heavy (non-hydrogen) atoms. The standard InChI is InChI=1S/C15H13BrF3NO/c1-2-7-20(9-10-3-4-10)14(21)12-6-5-11(16)8-13(12)15(17,18)19/h1,5-6,8,10H,3-4,7,9H2. The molecule has 0 bridgehead atoms. The normalized spacial score (nSPS) is 14.6. The third-order valence-corrected chi connectivity index (χ3v) is 3.76. The van der Waals surface area contributed by atoms with E-state index in [1.54, 1.807) is 0 Å². The number of terminal acetylenes is 1. The van der Waals surface area contributed by atoms with Crippen molar-refractivity contribution in [3.05, 3.63) is 33.8 Å². The third-order valence-electron chi connectivity index (χ3n) is 3.26. The van der Waals surface area contributed by atoms with Crippen LogP contribution in [-0.4, -0.2) is 23.9 Å². The molecular weight excluding hydrogens is 347 g/mol. The fraction of sp³-hybridized carbons (Fsp3) is 0.400. The maximum Gasteiger partial charge on any atom is 0.417 e. The highest BCUT2D eigenvalue weighted by atomic mass is 79.9. The van der Waals surface area contributed by atoms with Crippen LogP contribution >= 0.6 is 15.9 Å². The van der Waals surface area contributed by atoms with E-state index in [4.69, 9.17) is 6.42 Å². The van der Waals surface area contributed by atoms with Crippen molar-refractivity contribution in [1.29, 1.82) is 0 Å². The molecule has 0 unspecified atom stereocenters. The largest absolute Gasteiger partial charge is 0.417 e. The van der Waals surface area contributed by atoms with E-state index in [0.717, 1.165) is 18.9 Å². The van der Waals surface area contributed by atoms with E-state index >= 15 is 0 Å². The highest BCUT2D eigenvalue weighted by Crippen LogP contribution is 2.35. The SMILES string of the molecule is C#CCN(CC1CC1)C(=O)c1ccc(Br)cc1C(F)(F)F. The lowest BCUT2D eigenvalue weighted by Gasteiger charge is -2.22. The fourth-order valence-corrected chi connectivity index (χ4v) is 2.41. The van der Waals surface area contributed by atoms with Crippen molar-refractivity contribution < 1.29 is 18.0 Å². The van der Waals surface area contributed by atoms with Crippen molar-refractivity contribution >= 4 is 21.8 Å². The van der Waals surface area contributed by atoms with Gasteiger partial charge in [0, 0.05) is 11.0 Å². The first-order chi connectivity index (χ1) is 9.82. The molecule has 112 valence electrons. The molecule has 1 saturated carbocycles. The van der Waals surface area contributed by atoms with Crippen molar-refractivity contribution in [2.24, 2.45) is 5.92 Å². The molecule has 1 aromatic carbocycles. The summed E-state index contributed by atoms with van der Waals surface area (Å²) in [5.41, 5.74) is -1.30. The van der Waals surface area contributed by atoms with Crippen molar-refractivity contribution in [3.8, 4) is 12.3 Å². The monoisotopic (exact) mass is 359 g/mol. The van der Waals surface area contributed by atoms with Crippen LogP contribution in [-0.2, 0) is 6.18 Å². The zero-order valence-corrected chi connectivity index (χ0v) is 12.7. The van der Waals surface area contributed by atoms with Crippen LogP contribution in [0.3, 0.4) is 0 Å². The molecule has 0 heterocycles. The van der Waals surface area contributed by atoms with E-state index in [0.29, 0.717) is 12.5 Å². The third kappa shape index (κ3) is 4.01. The number of nitrogens with zero attached hydrogens (tertiary/aromatic N) is 1. The molecule has 0 atom stereocenters. The Labute approximate surface area is 129 Å². The highest BCUT2D eigenvalue weighted by Gasteiger charge is 2.37. The zero-order valence-electron chi connectivity index (χ0n) is 11.1. The van der Waals surface area contributed by atoms with E-state index in [9.17, 15) is 18.0 Å². The molecule has 2 rings (SSSR count). The first-order valence-electron chi connectivity index (χ1n) is 6.42. The van der Waals surface area contributed by atoms with Crippen LogP contribution in [0.2, 0.25) is 0 Å². The van der Waals surface area contributed by atoms with Gasteiger partial charge in [-0.05, 0) is 37.0 Å². The van der Waals surface area contributed by atoms with Gasteiger partial charge in [0.15, 0.2) is 0 Å². The molecule has 0 spiro atoms. The number of halogens is 4. The second kappa shape index (κ2) is 6.10. The maximum absolute atomic E-state index is 13.1. The molecule has 1 amide bonds. The Morgan fingerprint density at radius 1 is 1.43 bits per heavy atom. The van der Waals surface area contributed by atoms with Gasteiger partial charge < -0.3 is 4.90 Å². The summed E-state index contributed by atoms with van der Waals surface area (Å²) < 4.78 is 39.5. The Morgan fingerprint density at radius 2 is 2.10 bits per heavy atom. The lowest BCUT2D eigenvalue weighted by molar-refractivity contribution is -0.138. The summed E-state index contributed by atoms with van der Waals surface area (Å²) in [5.74, 6) is 2.02. The molecule has 0 N–H and O–H groups in total. The van der Waals surface area contributed by atoms with Crippen LogP contribution < -0.4 is 0 Å². The van der Waals surface area contributed by atoms with Gasteiger partial charge in [0.25, 0.3) is 5.91 Å². The van der Waals surface area contributed by atoms with Gasteiger partial charge in [-0.1, -0.05) is 21.9 Å². The van der Waals surface area contributed by atoms with E-state index in [2.05, 4.69) is 21.9 Å². The Kier molecular flexibility index (Phi) is 4.62. The van der Waals surface area contributed by atoms with Crippen LogP contribution in [0.5, 0.6) is 0 Å². The van der Waals surface area contributed by atoms with E-state index in [1.165, 1.54) is 17.0 Å². The zero-order chi connectivity index (χ0) is 15.6. The second-order valence-electron chi connectivity index (χ2n) is 5.02. The molecule has 1 fully saturated rings. The molecule has 1 aliphatic carbocycles. The number of alkyl halides is 3. The van der Waals surface area contributed by atoms with Crippen molar-refractivity contribution in [1.82, 2.24) is 4.90 Å². The molecular formula is C15H13BrF3NO. The van der Waals surface area contributed by atoms with Crippen LogP contribution in [0.1, 0.15) is 28.8 Å². The molecule has 0 saturated heterocycles. The van der Waals surface area contributed by atoms with Gasteiger partial charge in [-0.25, -0.2) is 0 Å². The summed E-state index contributed by atoms with van der Waals surface area (Å²) >= 11 is 3.00. The predicted octanol–water partition coefficient (Wildman–Crippen LogP) is 3.95. The smallest absolute Gasteiger partial charge is 0.327 e. The molecule has 1 aliphatic rings. The summed E-state index contributed by atoms with van der Waals surface area (Å²) in [4.78, 5) is 13.7. The van der Waals surface area contributed by atoms with Gasteiger partial charge in [-0.3, -0.25) is 4.79 Å². The van der Waals surface area contributed by atoms with Gasteiger partial charge in [0.05, 0.1) is 17.7 Å². The lowest BCUT2D eigenvalue weighted by atomic mass is 10.1. The molecule has 1 aromatic rings. The quantitative estimate of drug-likeness (QED) is 0.745. The molecule has 0 aliphatic heterocycles. The van der Waals surface area contributed by atoms with Gasteiger partial charge in [-0.15, -0.1) is 6.42 Å². The number of rotatable bonds is 4. The molecule has 6 heteroatoms. The Morgan fingerprint density at radius 3 is 2.62 bits per heavy atom. The number of benzene rings is 1. The van der Waals surface area contributed by atoms with Crippen LogP contribution in [0.4, 0.5) is 13.2 Å². The number of hydrogen-bond donors (Lipinski definition) is 0. The average Bonchev–Trinajstić information content (AvgIpc) is 3.20. The van der Waals surface area contributed by atoms with E-state index < -0.39 is 17.6 Å². The van der Waals surface area contributed by atoms with Gasteiger partial charge in [0.2, 0.25) is 0 Å². The summed E-state index contributed by atoms with van der Waals surface area (Å²) in [6.45, 7) is 0.430. The number of amides is 1. The summed E-state index contributed by atoms with van der Waals surface area (Å²) in [5, 5.41) is 0. The van der Waals surface area contributed by atoms with E-state index in [1.807, 2.05) is 0 Å². The number of hydrogen-bond acceptors (Lipinski definition) is 1. The Balaban J connectivity index is 2.34. The number of carbonyl (C=O) groups is 1. The summed E-state index contributed by atoms with van der Waals surface area (Å²) in [6, 6.07) is 3.53. The van der Waals surface area contributed by atoms with Gasteiger partial charge >= 0.3 is 6.18 Å². The van der Waals surface area contributed by atoms with E-state index in [-0.39, 0.29) is 16.6 Å². The topological polar surface area (TPSA) is 20.3 Å². The van der Waals surface area contributed by atoms with Crippen LogP contribution in [0.15, 0.2) is 22.7 Å². The van der Waals surface area contributed by atoms with Gasteiger partial charge in [0.1, 0.15) is 0 Å². The fourth-order valence-electron chi connectivity index (χ4n) is 2.05. The minimum atomic E-state index is -4.59. The molecule has 2 nitrogen and oxygen atoms in total. The Bertz CT molecular complexity index is 588. The summed E-state index contributed by atoms with van der Waals surface area (Å²) in [7, 11) is 0. The van der Waals surface area contributed by atoms with Crippen LogP contribution in [0, 0.1) is 18.3 Å². The second-order valence-corrected chi connectivity index (χ2v) is 5.94. The maximum atomic E-state index is 13.1. The number of carbonyl (C=O) groups excluding carboxylic acids is 1. The molecule has 0 aromatic heterocycles.